The van der Waals surface area contributed by atoms with Crippen molar-refractivity contribution in [2.75, 3.05) is 0 Å². The molecule has 2 rings (SSSR count). The Morgan fingerprint density at radius 3 is 2.58 bits per heavy atom. The summed E-state index contributed by atoms with van der Waals surface area (Å²) < 4.78 is 14.5. The zero-order chi connectivity index (χ0) is 14.0. The molecule has 5 heteroatoms. The molecule has 0 bridgehead atoms. The van der Waals surface area contributed by atoms with E-state index in [1.54, 1.807) is 12.3 Å². The molecule has 0 radical (unpaired) electrons. The first-order chi connectivity index (χ1) is 8.97. The number of halogens is 2. The molecule has 0 N–H and O–H groups in total. The highest BCUT2D eigenvalue weighted by molar-refractivity contribution is 9.10. The van der Waals surface area contributed by atoms with Gasteiger partial charge in [0.25, 0.3) is 5.56 Å². The molecule has 0 aliphatic rings. The normalized spacial score (nSPS) is 10.5. The summed E-state index contributed by atoms with van der Waals surface area (Å²) in [5.41, 5.74) is 0.991. The van der Waals surface area contributed by atoms with E-state index in [1.165, 1.54) is 28.8 Å². The van der Waals surface area contributed by atoms with E-state index in [-0.39, 0.29) is 17.9 Å². The van der Waals surface area contributed by atoms with E-state index in [4.69, 9.17) is 0 Å². The fourth-order valence-electron chi connectivity index (χ4n) is 1.74. The molecule has 98 valence electrons. The van der Waals surface area contributed by atoms with Gasteiger partial charge in [-0.25, -0.2) is 4.39 Å². The van der Waals surface area contributed by atoms with Gasteiger partial charge in [-0.3, -0.25) is 9.59 Å². The van der Waals surface area contributed by atoms with Crippen molar-refractivity contribution in [2.45, 2.75) is 13.5 Å². The van der Waals surface area contributed by atoms with Gasteiger partial charge in [-0.1, -0.05) is 0 Å². The van der Waals surface area contributed by atoms with Crippen LogP contribution >= 0.6 is 15.9 Å². The van der Waals surface area contributed by atoms with Gasteiger partial charge in [0.05, 0.1) is 11.0 Å². The van der Waals surface area contributed by atoms with Crippen LogP contribution in [-0.4, -0.2) is 10.4 Å². The Labute approximate surface area is 117 Å². The van der Waals surface area contributed by atoms with Gasteiger partial charge in [0.15, 0.2) is 5.78 Å². The van der Waals surface area contributed by atoms with Crippen molar-refractivity contribution in [2.24, 2.45) is 0 Å². The molecule has 0 atom stereocenters. The number of hydrogen-bond donors (Lipinski definition) is 0. The van der Waals surface area contributed by atoms with Crippen LogP contribution in [-0.2, 0) is 6.54 Å². The minimum atomic E-state index is -0.396. The van der Waals surface area contributed by atoms with Gasteiger partial charge < -0.3 is 4.57 Å². The summed E-state index contributed by atoms with van der Waals surface area (Å²) in [5.74, 6) is -0.633. The van der Waals surface area contributed by atoms with E-state index in [0.29, 0.717) is 10.0 Å². The lowest BCUT2D eigenvalue weighted by Gasteiger charge is -2.07. The zero-order valence-electron chi connectivity index (χ0n) is 10.2. The average Bonchev–Trinajstić information content (AvgIpc) is 2.36. The van der Waals surface area contributed by atoms with Crippen molar-refractivity contribution in [3.63, 3.8) is 0 Å². The van der Waals surface area contributed by atoms with Crippen LogP contribution in [0.3, 0.4) is 0 Å². The van der Waals surface area contributed by atoms with Gasteiger partial charge in [0.1, 0.15) is 5.82 Å². The van der Waals surface area contributed by atoms with Gasteiger partial charge in [-0.15, -0.1) is 0 Å². The van der Waals surface area contributed by atoms with Gasteiger partial charge in [0.2, 0.25) is 0 Å². The Morgan fingerprint density at radius 1 is 1.32 bits per heavy atom. The van der Waals surface area contributed by atoms with Crippen molar-refractivity contribution in [3.05, 3.63) is 68.3 Å². The molecule has 3 nitrogen and oxygen atoms in total. The second kappa shape index (κ2) is 5.48. The molecular weight excluding hydrogens is 313 g/mol. The third-order valence-electron chi connectivity index (χ3n) is 2.66. The lowest BCUT2D eigenvalue weighted by molar-refractivity contribution is 0.0970. The molecule has 0 unspecified atom stereocenters. The molecule has 0 spiro atoms. The monoisotopic (exact) mass is 323 g/mol. The Kier molecular flexibility index (Phi) is 3.95. The molecule has 0 saturated carbocycles. The molecule has 2 aromatic rings. The largest absolute Gasteiger partial charge is 0.306 e. The number of aromatic nitrogens is 1. The molecule has 1 aromatic heterocycles. The van der Waals surface area contributed by atoms with E-state index in [1.807, 2.05) is 6.92 Å². The smallest absolute Gasteiger partial charge is 0.265 e. The number of nitrogens with zero attached hydrogens (tertiary/aromatic N) is 1. The zero-order valence-corrected chi connectivity index (χ0v) is 11.8. The summed E-state index contributed by atoms with van der Waals surface area (Å²) in [6, 6.07) is 6.96. The Hall–Kier alpha value is -1.75. The third kappa shape index (κ3) is 3.17. The predicted octanol–water partition coefficient (Wildman–Crippen LogP) is 2.94. The van der Waals surface area contributed by atoms with Crippen LogP contribution in [0.15, 0.2) is 45.8 Å². The van der Waals surface area contributed by atoms with E-state index in [0.717, 1.165) is 5.56 Å². The van der Waals surface area contributed by atoms with Gasteiger partial charge in [-0.05, 0) is 58.7 Å². The summed E-state index contributed by atoms with van der Waals surface area (Å²) in [6.07, 6.45) is 1.62. The topological polar surface area (TPSA) is 39.1 Å². The fourth-order valence-corrected chi connectivity index (χ4v) is 2.33. The van der Waals surface area contributed by atoms with Gasteiger partial charge in [0, 0.05) is 11.8 Å². The van der Waals surface area contributed by atoms with Crippen LogP contribution in [0, 0.1) is 12.7 Å². The molecule has 1 heterocycles. The van der Waals surface area contributed by atoms with E-state index >= 15 is 0 Å². The lowest BCUT2D eigenvalue weighted by atomic mass is 10.1. The van der Waals surface area contributed by atoms with Crippen molar-refractivity contribution >= 4 is 21.7 Å². The number of benzene rings is 1. The summed E-state index contributed by atoms with van der Waals surface area (Å²) >= 11 is 3.16. The molecule has 1 aromatic carbocycles. The maximum Gasteiger partial charge on any atom is 0.265 e. The highest BCUT2D eigenvalue weighted by atomic mass is 79.9. The quantitative estimate of drug-likeness (QED) is 0.815. The first kappa shape index (κ1) is 13.7. The van der Waals surface area contributed by atoms with E-state index < -0.39 is 5.82 Å². The molecule has 0 amide bonds. The first-order valence-electron chi connectivity index (χ1n) is 5.63. The molecule has 0 aliphatic carbocycles. The van der Waals surface area contributed by atoms with E-state index in [2.05, 4.69) is 15.9 Å². The third-order valence-corrected chi connectivity index (χ3v) is 3.23. The van der Waals surface area contributed by atoms with Crippen LogP contribution in [0.5, 0.6) is 0 Å². The number of pyridine rings is 1. The first-order valence-corrected chi connectivity index (χ1v) is 6.42. The summed E-state index contributed by atoms with van der Waals surface area (Å²) in [6.45, 7) is 1.77. The summed E-state index contributed by atoms with van der Waals surface area (Å²) in [4.78, 5) is 23.8. The Morgan fingerprint density at radius 2 is 1.95 bits per heavy atom. The second-order valence-electron chi connectivity index (χ2n) is 4.23. The van der Waals surface area contributed by atoms with Crippen molar-refractivity contribution in [1.29, 1.82) is 0 Å². The average molecular weight is 324 g/mol. The minimum Gasteiger partial charge on any atom is -0.306 e. The lowest BCUT2D eigenvalue weighted by Crippen LogP contribution is -2.24. The molecule has 19 heavy (non-hydrogen) atoms. The number of Topliss-reactive ketones (excluding diaryl/α,β-unsaturated/α-hetero) is 1. The number of rotatable bonds is 3. The number of carbonyl (C=O) groups is 1. The molecule has 0 fully saturated rings. The molecular formula is C14H11BrFNO2. The maximum absolute atomic E-state index is 12.8. The number of carbonyl (C=O) groups excluding carboxylic acids is 1. The van der Waals surface area contributed by atoms with Gasteiger partial charge in [-0.2, -0.15) is 0 Å². The number of ketones is 1. The van der Waals surface area contributed by atoms with Crippen LogP contribution in [0.1, 0.15) is 15.9 Å². The minimum absolute atomic E-state index is 0.0647. The fraction of sp³-hybridized carbons (Fsp3) is 0.143. The van der Waals surface area contributed by atoms with Crippen LogP contribution in [0.2, 0.25) is 0 Å². The van der Waals surface area contributed by atoms with Gasteiger partial charge >= 0.3 is 0 Å². The molecule has 0 saturated heterocycles. The maximum atomic E-state index is 12.8. The predicted molar refractivity (Wildman–Crippen MR) is 73.9 cm³/mol. The van der Waals surface area contributed by atoms with Crippen LogP contribution in [0.4, 0.5) is 4.39 Å². The van der Waals surface area contributed by atoms with Crippen molar-refractivity contribution < 1.29 is 9.18 Å². The van der Waals surface area contributed by atoms with Crippen molar-refractivity contribution in [3.8, 4) is 0 Å². The Balaban J connectivity index is 2.29. The van der Waals surface area contributed by atoms with E-state index in [9.17, 15) is 14.0 Å². The van der Waals surface area contributed by atoms with Crippen molar-refractivity contribution in [1.82, 2.24) is 4.57 Å². The second-order valence-corrected chi connectivity index (χ2v) is 5.08. The number of aryl methyl sites for hydroxylation is 1. The SMILES string of the molecule is Cc1cc(Br)c(=O)n(CC(=O)c2ccc(F)cc2)c1. The van der Waals surface area contributed by atoms with Crippen LogP contribution < -0.4 is 5.56 Å². The molecule has 0 aliphatic heterocycles. The number of hydrogen-bond acceptors (Lipinski definition) is 2. The highest BCUT2D eigenvalue weighted by Crippen LogP contribution is 2.08. The Bertz CT molecular complexity index is 677. The summed E-state index contributed by atoms with van der Waals surface area (Å²) in [5, 5.41) is 0. The summed E-state index contributed by atoms with van der Waals surface area (Å²) in [7, 11) is 0. The van der Waals surface area contributed by atoms with Crippen LogP contribution in [0.25, 0.3) is 0 Å². The standard InChI is InChI=1S/C14H11BrFNO2/c1-9-6-12(15)14(19)17(7-9)8-13(18)10-2-4-11(16)5-3-10/h2-7H,8H2,1H3. The highest BCUT2D eigenvalue weighted by Gasteiger charge is 2.09.